The van der Waals surface area contributed by atoms with E-state index in [4.69, 9.17) is 5.73 Å². The average molecular weight is 595 g/mol. The van der Waals surface area contributed by atoms with Crippen LogP contribution in [0.15, 0.2) is 59.5 Å². The number of amides is 1. The number of piperidine rings is 1. The lowest BCUT2D eigenvalue weighted by atomic mass is 9.85. The molecule has 1 aliphatic rings. The maximum Gasteiger partial charge on any atom is 0.491 e. The summed E-state index contributed by atoms with van der Waals surface area (Å²) in [5.41, 5.74) is 2.48. The predicted molar refractivity (Wildman–Crippen MR) is 131 cm³/mol. The Bertz CT molecular complexity index is 1340. The molecule has 0 unspecified atom stereocenters. The number of sulfone groups is 1. The zero-order valence-corrected chi connectivity index (χ0v) is 22.4. The van der Waals surface area contributed by atoms with Crippen molar-refractivity contribution in [3.63, 3.8) is 0 Å². The van der Waals surface area contributed by atoms with Crippen LogP contribution >= 0.6 is 0 Å². The monoisotopic (exact) mass is 594 g/mol. The first kappa shape index (κ1) is 31.4. The number of nitrogens with zero attached hydrogens (tertiary/aromatic N) is 1. The van der Waals surface area contributed by atoms with Crippen LogP contribution in [0.5, 0.6) is 0 Å². The smallest absolute Gasteiger partial charge is 0.433 e. The SMILES string of the molecule is CC(C)(C1CCN(C(=O)C[C@@](N)(OC(=O)C(F)(F)F)c2ccccc2)CC1)S(=O)(=O)c1cccc(C(F)(F)F)c1. The molecule has 0 aromatic heterocycles. The molecule has 2 aromatic rings. The molecule has 2 aromatic carbocycles. The molecule has 0 spiro atoms. The quantitative estimate of drug-likeness (QED) is 0.280. The summed E-state index contributed by atoms with van der Waals surface area (Å²) in [7, 11) is -4.24. The number of benzene rings is 2. The first-order chi connectivity index (χ1) is 18.3. The van der Waals surface area contributed by atoms with Crippen LogP contribution in [0.2, 0.25) is 0 Å². The van der Waals surface area contributed by atoms with Crippen LogP contribution in [-0.2, 0) is 36.1 Å². The van der Waals surface area contributed by atoms with Gasteiger partial charge in [0.05, 0.1) is 21.6 Å². The highest BCUT2D eigenvalue weighted by Gasteiger charge is 2.48. The van der Waals surface area contributed by atoms with Crippen LogP contribution in [0.4, 0.5) is 26.3 Å². The zero-order valence-electron chi connectivity index (χ0n) is 21.6. The molecule has 7 nitrogen and oxygen atoms in total. The summed E-state index contributed by atoms with van der Waals surface area (Å²) in [4.78, 5) is 25.4. The van der Waals surface area contributed by atoms with E-state index < -0.39 is 67.3 Å². The highest BCUT2D eigenvalue weighted by atomic mass is 32.2. The van der Waals surface area contributed by atoms with Gasteiger partial charge in [0.2, 0.25) is 5.91 Å². The molecule has 1 amide bonds. The third-order valence-corrected chi connectivity index (χ3v) is 9.77. The van der Waals surface area contributed by atoms with Gasteiger partial charge in [-0.15, -0.1) is 0 Å². The first-order valence-corrected chi connectivity index (χ1v) is 13.6. The van der Waals surface area contributed by atoms with Gasteiger partial charge < -0.3 is 9.64 Å². The van der Waals surface area contributed by atoms with Crippen molar-refractivity contribution in [3.05, 3.63) is 65.7 Å². The number of carbonyl (C=O) groups is 2. The molecule has 0 saturated carbocycles. The molecule has 1 aliphatic heterocycles. The number of rotatable bonds is 7. The molecule has 0 aliphatic carbocycles. The summed E-state index contributed by atoms with van der Waals surface area (Å²) in [5.74, 6) is -3.85. The van der Waals surface area contributed by atoms with Gasteiger partial charge in [-0.1, -0.05) is 36.4 Å². The summed E-state index contributed by atoms with van der Waals surface area (Å²) in [6, 6.07) is 10.5. The van der Waals surface area contributed by atoms with E-state index in [9.17, 15) is 44.3 Å². The third-order valence-electron chi connectivity index (χ3n) is 7.18. The minimum absolute atomic E-state index is 0.00310. The Kier molecular flexibility index (Phi) is 8.66. The van der Waals surface area contributed by atoms with Crippen molar-refractivity contribution in [2.24, 2.45) is 11.7 Å². The number of hydrogen-bond donors (Lipinski definition) is 1. The molecule has 1 fully saturated rings. The number of nitrogens with two attached hydrogens (primary N) is 1. The molecule has 2 N–H and O–H groups in total. The maximum absolute atomic E-state index is 13.4. The molecular formula is C26H28F6N2O5S. The second-order valence-electron chi connectivity index (χ2n) is 10.1. The zero-order chi connectivity index (χ0) is 30.1. The van der Waals surface area contributed by atoms with E-state index in [0.717, 1.165) is 18.2 Å². The Labute approximate surface area is 227 Å². The van der Waals surface area contributed by atoms with Crippen molar-refractivity contribution in [1.82, 2.24) is 4.90 Å². The number of halogens is 6. The summed E-state index contributed by atoms with van der Waals surface area (Å²) in [6.07, 6.45) is -10.6. The molecule has 1 saturated heterocycles. The lowest BCUT2D eigenvalue weighted by Gasteiger charge is -2.41. The van der Waals surface area contributed by atoms with E-state index in [1.807, 2.05) is 0 Å². The van der Waals surface area contributed by atoms with E-state index in [1.165, 1.54) is 43.0 Å². The fourth-order valence-electron chi connectivity index (χ4n) is 4.66. The molecule has 1 heterocycles. The summed E-state index contributed by atoms with van der Waals surface area (Å²) < 4.78 is 108. The lowest BCUT2D eigenvalue weighted by molar-refractivity contribution is -0.216. The van der Waals surface area contributed by atoms with E-state index >= 15 is 0 Å². The van der Waals surface area contributed by atoms with Crippen LogP contribution in [-0.4, -0.2) is 49.2 Å². The van der Waals surface area contributed by atoms with Gasteiger partial charge in [0, 0.05) is 18.7 Å². The van der Waals surface area contributed by atoms with Crippen molar-refractivity contribution >= 4 is 21.7 Å². The molecule has 40 heavy (non-hydrogen) atoms. The Morgan fingerprint density at radius 3 is 2.00 bits per heavy atom. The standard InChI is InChI=1S/C26H28F6N2O5S/c1-23(2,40(37,38)20-10-6-9-19(15-20)25(27,28)29)17-11-13-34(14-12-17)21(35)16-24(33,18-7-4-3-5-8-18)39-22(36)26(30,31)32/h3-10,15,17H,11-14,16,33H2,1-2H3/t24-/m1/s1. The van der Waals surface area contributed by atoms with Crippen molar-refractivity contribution < 1.29 is 49.1 Å². The number of esters is 1. The fraction of sp³-hybridized carbons (Fsp3) is 0.462. The Morgan fingerprint density at radius 1 is 0.925 bits per heavy atom. The summed E-state index contributed by atoms with van der Waals surface area (Å²) in [6.45, 7) is 2.82. The second kappa shape index (κ2) is 11.0. The minimum Gasteiger partial charge on any atom is -0.433 e. The van der Waals surface area contributed by atoms with Gasteiger partial charge in [-0.05, 0) is 50.8 Å². The van der Waals surface area contributed by atoms with Crippen molar-refractivity contribution in [3.8, 4) is 0 Å². The molecule has 14 heteroatoms. The number of likely N-dealkylation sites (tertiary alicyclic amines) is 1. The van der Waals surface area contributed by atoms with Gasteiger partial charge in [-0.2, -0.15) is 26.3 Å². The maximum atomic E-state index is 13.4. The van der Waals surface area contributed by atoms with Crippen LogP contribution in [0, 0.1) is 5.92 Å². The Balaban J connectivity index is 1.75. The highest BCUT2D eigenvalue weighted by molar-refractivity contribution is 7.92. The summed E-state index contributed by atoms with van der Waals surface area (Å²) in [5, 5.41) is 0. The van der Waals surface area contributed by atoms with Gasteiger partial charge >= 0.3 is 18.3 Å². The number of alkyl halides is 6. The molecular weight excluding hydrogens is 566 g/mol. The molecule has 220 valence electrons. The van der Waals surface area contributed by atoms with Gasteiger partial charge in [-0.25, -0.2) is 13.2 Å². The van der Waals surface area contributed by atoms with E-state index in [-0.39, 0.29) is 31.5 Å². The highest BCUT2D eigenvalue weighted by Crippen LogP contribution is 2.40. The van der Waals surface area contributed by atoms with E-state index in [1.54, 1.807) is 6.07 Å². The number of hydrogen-bond acceptors (Lipinski definition) is 6. The molecule has 3 rings (SSSR count). The average Bonchev–Trinajstić information content (AvgIpc) is 2.88. The Hall–Kier alpha value is -3.13. The van der Waals surface area contributed by atoms with Crippen molar-refractivity contribution in [2.45, 2.75) is 60.8 Å². The summed E-state index contributed by atoms with van der Waals surface area (Å²) >= 11 is 0. The fourth-order valence-corrected chi connectivity index (χ4v) is 6.49. The van der Waals surface area contributed by atoms with Gasteiger partial charge in [-0.3, -0.25) is 10.5 Å². The van der Waals surface area contributed by atoms with E-state index in [0.29, 0.717) is 6.07 Å². The second-order valence-corrected chi connectivity index (χ2v) is 12.6. The number of ether oxygens (including phenoxy) is 1. The Morgan fingerprint density at radius 2 is 1.48 bits per heavy atom. The van der Waals surface area contributed by atoms with Crippen molar-refractivity contribution in [1.29, 1.82) is 0 Å². The first-order valence-electron chi connectivity index (χ1n) is 12.1. The normalized spacial score (nSPS) is 17.3. The van der Waals surface area contributed by atoms with Crippen LogP contribution in [0.1, 0.15) is 44.2 Å². The topological polar surface area (TPSA) is 107 Å². The van der Waals surface area contributed by atoms with Crippen LogP contribution in [0.25, 0.3) is 0 Å². The largest absolute Gasteiger partial charge is 0.491 e. The van der Waals surface area contributed by atoms with Crippen LogP contribution < -0.4 is 5.73 Å². The minimum atomic E-state index is -5.35. The van der Waals surface area contributed by atoms with Gasteiger partial charge in [0.1, 0.15) is 0 Å². The van der Waals surface area contributed by atoms with Gasteiger partial charge in [0.25, 0.3) is 0 Å². The number of carbonyl (C=O) groups excluding carboxylic acids is 2. The molecule has 0 radical (unpaired) electrons. The van der Waals surface area contributed by atoms with Crippen molar-refractivity contribution in [2.75, 3.05) is 13.1 Å². The van der Waals surface area contributed by atoms with Gasteiger partial charge in [0.15, 0.2) is 15.6 Å². The lowest BCUT2D eigenvalue weighted by Crippen LogP contribution is -2.51. The van der Waals surface area contributed by atoms with Crippen LogP contribution in [0.3, 0.4) is 0 Å². The predicted octanol–water partition coefficient (Wildman–Crippen LogP) is 4.80. The third kappa shape index (κ3) is 6.60. The molecule has 1 atom stereocenters. The molecule has 0 bridgehead atoms. The van der Waals surface area contributed by atoms with E-state index in [2.05, 4.69) is 4.74 Å².